The molecule has 25 heavy (non-hydrogen) atoms. The van der Waals surface area contributed by atoms with Gasteiger partial charge >= 0.3 is 0 Å². The summed E-state index contributed by atoms with van der Waals surface area (Å²) in [5.41, 5.74) is 3.30. The molecule has 1 heterocycles. The zero-order valence-electron chi connectivity index (χ0n) is 15.4. The predicted molar refractivity (Wildman–Crippen MR) is 103 cm³/mol. The second kappa shape index (κ2) is 7.27. The van der Waals surface area contributed by atoms with Crippen LogP contribution >= 0.6 is 11.3 Å². The lowest BCUT2D eigenvalue weighted by molar-refractivity contribution is 0.103. The van der Waals surface area contributed by atoms with Crippen LogP contribution in [0, 0.1) is 20.8 Å². The van der Waals surface area contributed by atoms with Crippen molar-refractivity contribution < 1.29 is 13.2 Å². The lowest BCUT2D eigenvalue weighted by Crippen LogP contribution is -2.23. The molecule has 1 N–H and O–H groups in total. The van der Waals surface area contributed by atoms with E-state index in [-0.39, 0.29) is 10.8 Å². The standard InChI is InChI=1S/C18H24N2O3S2/c1-7-16-12(3)9-17(24-16)18(21)19-15-10-14(8-11(2)13(15)4)25(22,23)20(5)6/h8-10H,7H2,1-6H3,(H,19,21). The van der Waals surface area contributed by atoms with Crippen molar-refractivity contribution in [3.05, 3.63) is 44.6 Å². The number of amides is 1. The molecule has 0 aliphatic heterocycles. The first-order valence-corrected chi connectivity index (χ1v) is 10.3. The van der Waals surface area contributed by atoms with Crippen LogP contribution in [0.2, 0.25) is 0 Å². The summed E-state index contributed by atoms with van der Waals surface area (Å²) >= 11 is 1.47. The van der Waals surface area contributed by atoms with Crippen molar-refractivity contribution in [1.82, 2.24) is 4.31 Å². The average molecular weight is 381 g/mol. The summed E-state index contributed by atoms with van der Waals surface area (Å²) in [5.74, 6) is -0.213. The van der Waals surface area contributed by atoms with Crippen LogP contribution < -0.4 is 5.32 Å². The number of rotatable bonds is 5. The summed E-state index contributed by atoms with van der Waals surface area (Å²) in [5, 5.41) is 2.87. The number of hydrogen-bond acceptors (Lipinski definition) is 4. The zero-order chi connectivity index (χ0) is 18.9. The van der Waals surface area contributed by atoms with Gasteiger partial charge in [-0.3, -0.25) is 4.79 Å². The minimum atomic E-state index is -3.56. The number of anilines is 1. The van der Waals surface area contributed by atoms with Crippen molar-refractivity contribution in [2.24, 2.45) is 0 Å². The van der Waals surface area contributed by atoms with Crippen LogP contribution in [0.3, 0.4) is 0 Å². The summed E-state index contributed by atoms with van der Waals surface area (Å²) in [6.07, 6.45) is 0.887. The zero-order valence-corrected chi connectivity index (χ0v) is 17.1. The highest BCUT2D eigenvalue weighted by molar-refractivity contribution is 7.89. The fourth-order valence-electron chi connectivity index (χ4n) is 2.48. The van der Waals surface area contributed by atoms with Gasteiger partial charge in [-0.25, -0.2) is 12.7 Å². The Labute approximate surface area is 153 Å². The monoisotopic (exact) mass is 380 g/mol. The third kappa shape index (κ3) is 3.94. The van der Waals surface area contributed by atoms with Crippen molar-refractivity contribution in [2.75, 3.05) is 19.4 Å². The van der Waals surface area contributed by atoms with E-state index in [4.69, 9.17) is 0 Å². The van der Waals surface area contributed by atoms with Crippen molar-refractivity contribution in [3.63, 3.8) is 0 Å². The maximum Gasteiger partial charge on any atom is 0.265 e. The van der Waals surface area contributed by atoms with E-state index >= 15 is 0 Å². The van der Waals surface area contributed by atoms with E-state index in [0.29, 0.717) is 10.6 Å². The van der Waals surface area contributed by atoms with Crippen molar-refractivity contribution in [3.8, 4) is 0 Å². The van der Waals surface area contributed by atoms with Crippen LogP contribution in [-0.4, -0.2) is 32.7 Å². The Morgan fingerprint density at radius 3 is 2.28 bits per heavy atom. The van der Waals surface area contributed by atoms with Crippen LogP contribution in [-0.2, 0) is 16.4 Å². The summed E-state index contributed by atoms with van der Waals surface area (Å²) in [6, 6.07) is 5.03. The number of carbonyl (C=O) groups excluding carboxylic acids is 1. The van der Waals surface area contributed by atoms with Crippen LogP contribution in [0.15, 0.2) is 23.1 Å². The molecule has 1 aromatic carbocycles. The summed E-state index contributed by atoms with van der Waals surface area (Å²) in [6.45, 7) is 7.76. The van der Waals surface area contributed by atoms with E-state index in [1.807, 2.05) is 26.8 Å². The second-order valence-corrected chi connectivity index (χ2v) is 9.51. The number of hydrogen-bond donors (Lipinski definition) is 1. The van der Waals surface area contributed by atoms with Gasteiger partial charge in [0, 0.05) is 24.7 Å². The number of aryl methyl sites for hydroxylation is 3. The van der Waals surface area contributed by atoms with Gasteiger partial charge in [0.2, 0.25) is 10.0 Å². The van der Waals surface area contributed by atoms with Crippen LogP contribution in [0.25, 0.3) is 0 Å². The van der Waals surface area contributed by atoms with Gasteiger partial charge in [-0.1, -0.05) is 6.92 Å². The van der Waals surface area contributed by atoms with E-state index in [9.17, 15) is 13.2 Å². The predicted octanol–water partition coefficient (Wildman–Crippen LogP) is 3.74. The van der Waals surface area contributed by atoms with E-state index in [1.54, 1.807) is 6.07 Å². The highest BCUT2D eigenvalue weighted by atomic mass is 32.2. The van der Waals surface area contributed by atoms with E-state index < -0.39 is 10.0 Å². The molecule has 7 heteroatoms. The summed E-state index contributed by atoms with van der Waals surface area (Å²) in [4.78, 5) is 14.6. The number of thiophene rings is 1. The number of sulfonamides is 1. The van der Waals surface area contributed by atoms with Gasteiger partial charge in [0.15, 0.2) is 0 Å². The lowest BCUT2D eigenvalue weighted by atomic mass is 10.1. The molecule has 0 saturated carbocycles. The summed E-state index contributed by atoms with van der Waals surface area (Å²) in [7, 11) is -0.582. The Morgan fingerprint density at radius 2 is 1.76 bits per heavy atom. The molecule has 0 radical (unpaired) electrons. The van der Waals surface area contributed by atoms with E-state index in [0.717, 1.165) is 23.1 Å². The van der Waals surface area contributed by atoms with Gasteiger partial charge < -0.3 is 5.32 Å². The third-order valence-corrected chi connectivity index (χ3v) is 7.41. The topological polar surface area (TPSA) is 66.5 Å². The van der Waals surface area contributed by atoms with Gasteiger partial charge in [-0.2, -0.15) is 0 Å². The quantitative estimate of drug-likeness (QED) is 0.859. The van der Waals surface area contributed by atoms with E-state index in [2.05, 4.69) is 12.2 Å². The molecule has 5 nitrogen and oxygen atoms in total. The van der Waals surface area contributed by atoms with Gasteiger partial charge in [0.25, 0.3) is 5.91 Å². The second-order valence-electron chi connectivity index (χ2n) is 6.22. The lowest BCUT2D eigenvalue weighted by Gasteiger charge is -2.16. The molecule has 0 aliphatic rings. The number of nitrogens with zero attached hydrogens (tertiary/aromatic N) is 1. The van der Waals surface area contributed by atoms with Crippen LogP contribution in [0.4, 0.5) is 5.69 Å². The first-order chi connectivity index (χ1) is 11.6. The molecule has 1 amide bonds. The van der Waals surface area contributed by atoms with Crippen LogP contribution in [0.1, 0.15) is 38.2 Å². The Balaban J connectivity index is 2.42. The van der Waals surface area contributed by atoms with Gasteiger partial charge in [0.05, 0.1) is 9.77 Å². The SMILES string of the molecule is CCc1sc(C(=O)Nc2cc(S(=O)(=O)N(C)C)cc(C)c2C)cc1C. The van der Waals surface area contributed by atoms with E-state index in [1.165, 1.54) is 40.7 Å². The maximum absolute atomic E-state index is 12.6. The molecule has 2 rings (SSSR count). The first kappa shape index (κ1) is 19.6. The Hall–Kier alpha value is -1.70. The third-order valence-electron chi connectivity index (χ3n) is 4.23. The Kier molecular flexibility index (Phi) is 5.71. The van der Waals surface area contributed by atoms with Crippen molar-refractivity contribution >= 4 is 33.0 Å². The molecule has 2 aromatic rings. The smallest absolute Gasteiger partial charge is 0.265 e. The number of nitrogens with one attached hydrogen (secondary N) is 1. The minimum absolute atomic E-state index is 0.174. The first-order valence-electron chi connectivity index (χ1n) is 8.02. The molecular weight excluding hydrogens is 356 g/mol. The average Bonchev–Trinajstić information content (AvgIpc) is 2.92. The van der Waals surface area contributed by atoms with Crippen molar-refractivity contribution in [2.45, 2.75) is 39.0 Å². The molecular formula is C18H24N2O3S2. The number of carbonyl (C=O) groups is 1. The largest absolute Gasteiger partial charge is 0.321 e. The molecule has 0 unspecified atom stereocenters. The van der Waals surface area contributed by atoms with Gasteiger partial charge in [-0.15, -0.1) is 11.3 Å². The van der Waals surface area contributed by atoms with Gasteiger partial charge in [-0.05, 0) is 62.1 Å². The Morgan fingerprint density at radius 1 is 1.12 bits per heavy atom. The fourth-order valence-corrected chi connectivity index (χ4v) is 4.51. The highest BCUT2D eigenvalue weighted by Crippen LogP contribution is 2.28. The molecule has 0 atom stereocenters. The molecule has 136 valence electrons. The minimum Gasteiger partial charge on any atom is -0.321 e. The summed E-state index contributed by atoms with van der Waals surface area (Å²) < 4.78 is 26.0. The molecule has 0 aliphatic carbocycles. The normalized spacial score (nSPS) is 11.8. The fraction of sp³-hybridized carbons (Fsp3) is 0.389. The molecule has 0 fully saturated rings. The molecule has 1 aromatic heterocycles. The molecule has 0 bridgehead atoms. The van der Waals surface area contributed by atoms with Crippen LogP contribution in [0.5, 0.6) is 0 Å². The Bertz CT molecular complexity index is 913. The maximum atomic E-state index is 12.6. The highest BCUT2D eigenvalue weighted by Gasteiger charge is 2.21. The van der Waals surface area contributed by atoms with Gasteiger partial charge in [0.1, 0.15) is 0 Å². The van der Waals surface area contributed by atoms with Crippen molar-refractivity contribution in [1.29, 1.82) is 0 Å². The molecule has 0 spiro atoms. The number of benzene rings is 1. The molecule has 0 saturated heterocycles.